The van der Waals surface area contributed by atoms with Gasteiger partial charge in [0.2, 0.25) is 0 Å². The molecule has 17 heavy (non-hydrogen) atoms. The van der Waals surface area contributed by atoms with Gasteiger partial charge >= 0.3 is 5.97 Å². The summed E-state index contributed by atoms with van der Waals surface area (Å²) in [5.74, 6) is 0.827. The van der Waals surface area contributed by atoms with E-state index in [-0.39, 0.29) is 11.9 Å². The third kappa shape index (κ3) is 2.87. The molecule has 0 amide bonds. The van der Waals surface area contributed by atoms with E-state index >= 15 is 0 Å². The van der Waals surface area contributed by atoms with Crippen molar-refractivity contribution in [1.29, 1.82) is 0 Å². The molecule has 0 spiro atoms. The van der Waals surface area contributed by atoms with Crippen molar-refractivity contribution in [2.75, 3.05) is 0 Å². The molecular weight excluding hydrogens is 212 g/mol. The fourth-order valence-electron chi connectivity index (χ4n) is 2.48. The number of aryl methyl sites for hydroxylation is 2. The average Bonchev–Trinajstić information content (AvgIpc) is 2.35. The smallest absolute Gasteiger partial charge is 0.314 e. The van der Waals surface area contributed by atoms with Crippen LogP contribution < -0.4 is 4.74 Å². The Morgan fingerprint density at radius 2 is 1.71 bits per heavy atom. The molecule has 0 aliphatic heterocycles. The predicted molar refractivity (Wildman–Crippen MR) is 68.1 cm³/mol. The summed E-state index contributed by atoms with van der Waals surface area (Å²) in [5.41, 5.74) is 2.07. The zero-order valence-corrected chi connectivity index (χ0v) is 10.7. The molecule has 92 valence electrons. The van der Waals surface area contributed by atoms with Crippen LogP contribution >= 0.6 is 0 Å². The maximum atomic E-state index is 12.0. The van der Waals surface area contributed by atoms with Crippen molar-refractivity contribution < 1.29 is 9.53 Å². The van der Waals surface area contributed by atoms with Crippen LogP contribution in [0.5, 0.6) is 5.75 Å². The molecule has 1 fully saturated rings. The van der Waals surface area contributed by atoms with E-state index in [1.54, 1.807) is 0 Å². The SMILES string of the molecule is Cc1cccc(C)c1OC(=O)C1CCCCC1. The second kappa shape index (κ2) is 5.35. The molecule has 0 atom stereocenters. The Hall–Kier alpha value is -1.31. The summed E-state index contributed by atoms with van der Waals surface area (Å²) in [6.45, 7) is 3.97. The summed E-state index contributed by atoms with van der Waals surface area (Å²) in [7, 11) is 0. The van der Waals surface area contributed by atoms with Crippen LogP contribution in [0, 0.1) is 19.8 Å². The molecule has 1 saturated carbocycles. The second-order valence-electron chi connectivity index (χ2n) is 4.98. The van der Waals surface area contributed by atoms with Gasteiger partial charge in [0, 0.05) is 0 Å². The van der Waals surface area contributed by atoms with E-state index < -0.39 is 0 Å². The first-order valence-corrected chi connectivity index (χ1v) is 6.46. The van der Waals surface area contributed by atoms with E-state index in [0.29, 0.717) is 0 Å². The van der Waals surface area contributed by atoms with Crippen molar-refractivity contribution in [3.05, 3.63) is 29.3 Å². The van der Waals surface area contributed by atoms with Gasteiger partial charge in [-0.2, -0.15) is 0 Å². The van der Waals surface area contributed by atoms with Crippen LogP contribution in [0.15, 0.2) is 18.2 Å². The third-order valence-corrected chi connectivity index (χ3v) is 3.55. The Morgan fingerprint density at radius 3 is 2.29 bits per heavy atom. The molecular formula is C15H20O2. The molecule has 1 aliphatic carbocycles. The highest BCUT2D eigenvalue weighted by molar-refractivity contribution is 5.76. The maximum absolute atomic E-state index is 12.0. The zero-order chi connectivity index (χ0) is 12.3. The number of hydrogen-bond acceptors (Lipinski definition) is 2. The quantitative estimate of drug-likeness (QED) is 0.573. The van der Waals surface area contributed by atoms with Crippen LogP contribution in [-0.2, 0) is 4.79 Å². The Kier molecular flexibility index (Phi) is 3.82. The lowest BCUT2D eigenvalue weighted by molar-refractivity contribution is -0.140. The van der Waals surface area contributed by atoms with Crippen molar-refractivity contribution in [1.82, 2.24) is 0 Å². The number of rotatable bonds is 2. The highest BCUT2D eigenvalue weighted by Gasteiger charge is 2.23. The van der Waals surface area contributed by atoms with Gasteiger partial charge in [0.15, 0.2) is 0 Å². The van der Waals surface area contributed by atoms with Crippen LogP contribution in [0.1, 0.15) is 43.2 Å². The summed E-state index contributed by atoms with van der Waals surface area (Å²) >= 11 is 0. The first-order chi connectivity index (χ1) is 8.18. The van der Waals surface area contributed by atoms with Crippen LogP contribution in [-0.4, -0.2) is 5.97 Å². The highest BCUT2D eigenvalue weighted by Crippen LogP contribution is 2.28. The number of carbonyl (C=O) groups is 1. The topological polar surface area (TPSA) is 26.3 Å². The lowest BCUT2D eigenvalue weighted by Gasteiger charge is -2.20. The Morgan fingerprint density at radius 1 is 1.12 bits per heavy atom. The van der Waals surface area contributed by atoms with E-state index in [2.05, 4.69) is 0 Å². The van der Waals surface area contributed by atoms with E-state index in [4.69, 9.17) is 4.74 Å². The van der Waals surface area contributed by atoms with Gasteiger partial charge in [0.05, 0.1) is 5.92 Å². The van der Waals surface area contributed by atoms with Crippen molar-refractivity contribution in [2.24, 2.45) is 5.92 Å². The number of esters is 1. The maximum Gasteiger partial charge on any atom is 0.314 e. The molecule has 0 aromatic heterocycles. The Balaban J connectivity index is 2.07. The summed E-state index contributed by atoms with van der Waals surface area (Å²) in [6.07, 6.45) is 5.56. The largest absolute Gasteiger partial charge is 0.426 e. The summed E-state index contributed by atoms with van der Waals surface area (Å²) in [6, 6.07) is 5.95. The highest BCUT2D eigenvalue weighted by atomic mass is 16.5. The van der Waals surface area contributed by atoms with E-state index in [9.17, 15) is 4.79 Å². The molecule has 2 rings (SSSR count). The molecule has 1 aromatic rings. The van der Waals surface area contributed by atoms with Gasteiger partial charge in [-0.25, -0.2) is 0 Å². The molecule has 1 aromatic carbocycles. The minimum atomic E-state index is -0.0397. The number of carbonyl (C=O) groups excluding carboxylic acids is 1. The van der Waals surface area contributed by atoms with Gasteiger partial charge in [-0.15, -0.1) is 0 Å². The first kappa shape index (κ1) is 12.2. The van der Waals surface area contributed by atoms with Gasteiger partial charge < -0.3 is 4.74 Å². The third-order valence-electron chi connectivity index (χ3n) is 3.55. The number of benzene rings is 1. The van der Waals surface area contributed by atoms with E-state index in [1.807, 2.05) is 32.0 Å². The van der Waals surface area contributed by atoms with Crippen LogP contribution in [0.2, 0.25) is 0 Å². The zero-order valence-electron chi connectivity index (χ0n) is 10.7. The van der Waals surface area contributed by atoms with Crippen LogP contribution in [0.25, 0.3) is 0 Å². The minimum Gasteiger partial charge on any atom is -0.426 e. The summed E-state index contributed by atoms with van der Waals surface area (Å²) in [5, 5.41) is 0. The van der Waals surface area contributed by atoms with Crippen LogP contribution in [0.4, 0.5) is 0 Å². The normalized spacial score (nSPS) is 16.8. The molecule has 1 aliphatic rings. The molecule has 0 radical (unpaired) electrons. The van der Waals surface area contributed by atoms with Crippen molar-refractivity contribution >= 4 is 5.97 Å². The fraction of sp³-hybridized carbons (Fsp3) is 0.533. The summed E-state index contributed by atoms with van der Waals surface area (Å²) in [4.78, 5) is 12.0. The second-order valence-corrected chi connectivity index (χ2v) is 4.98. The van der Waals surface area contributed by atoms with Crippen LogP contribution in [0.3, 0.4) is 0 Å². The van der Waals surface area contributed by atoms with E-state index in [1.165, 1.54) is 6.42 Å². The molecule has 2 nitrogen and oxygen atoms in total. The molecule has 0 unspecified atom stereocenters. The lowest BCUT2D eigenvalue weighted by Crippen LogP contribution is -2.23. The van der Waals surface area contributed by atoms with Crippen molar-refractivity contribution in [2.45, 2.75) is 46.0 Å². The van der Waals surface area contributed by atoms with Gasteiger partial charge in [0.1, 0.15) is 5.75 Å². The monoisotopic (exact) mass is 232 g/mol. The predicted octanol–water partition coefficient (Wildman–Crippen LogP) is 3.79. The Bertz CT molecular complexity index is 383. The van der Waals surface area contributed by atoms with Crippen molar-refractivity contribution in [3.8, 4) is 5.75 Å². The first-order valence-electron chi connectivity index (χ1n) is 6.46. The van der Waals surface area contributed by atoms with Crippen molar-refractivity contribution in [3.63, 3.8) is 0 Å². The Labute approximate surface area is 103 Å². The van der Waals surface area contributed by atoms with Gasteiger partial charge in [-0.05, 0) is 37.8 Å². The summed E-state index contributed by atoms with van der Waals surface area (Å²) < 4.78 is 5.58. The number of ether oxygens (including phenoxy) is 1. The number of para-hydroxylation sites is 1. The molecule has 0 saturated heterocycles. The van der Waals surface area contributed by atoms with E-state index in [0.717, 1.165) is 42.6 Å². The number of hydrogen-bond donors (Lipinski definition) is 0. The fourth-order valence-corrected chi connectivity index (χ4v) is 2.48. The molecule has 0 N–H and O–H groups in total. The molecule has 2 heteroatoms. The van der Waals surface area contributed by atoms with Gasteiger partial charge in [-0.3, -0.25) is 4.79 Å². The van der Waals surface area contributed by atoms with Gasteiger partial charge in [-0.1, -0.05) is 37.5 Å². The minimum absolute atomic E-state index is 0.0397. The average molecular weight is 232 g/mol. The lowest BCUT2D eigenvalue weighted by atomic mass is 9.89. The van der Waals surface area contributed by atoms with Gasteiger partial charge in [0.25, 0.3) is 0 Å². The molecule has 0 heterocycles. The standard InChI is InChI=1S/C15H20O2/c1-11-7-6-8-12(2)14(11)17-15(16)13-9-4-3-5-10-13/h6-8,13H,3-5,9-10H2,1-2H3. The molecule has 0 bridgehead atoms.